The summed E-state index contributed by atoms with van der Waals surface area (Å²) in [5.74, 6) is 1.24. The molecule has 0 aliphatic carbocycles. The van der Waals surface area contributed by atoms with Gasteiger partial charge in [-0.25, -0.2) is 15.0 Å². The number of likely N-dealkylation sites (N-methyl/N-ethyl adjacent to an activating group) is 1. The van der Waals surface area contributed by atoms with Gasteiger partial charge in [-0.2, -0.15) is 0 Å². The van der Waals surface area contributed by atoms with Crippen LogP contribution in [0.25, 0.3) is 6.08 Å². The first-order valence-corrected chi connectivity index (χ1v) is 8.87. The summed E-state index contributed by atoms with van der Waals surface area (Å²) in [7, 11) is 1.61. The number of carbonyl (C=O) groups is 2. The quantitative estimate of drug-likeness (QED) is 0.593. The zero-order valence-corrected chi connectivity index (χ0v) is 15.1. The summed E-state index contributed by atoms with van der Waals surface area (Å²) < 4.78 is 0. The van der Waals surface area contributed by atoms with Crippen LogP contribution in [0.2, 0.25) is 0 Å². The molecular formula is C19H20N6O2. The molecular weight excluding hydrogens is 344 g/mol. The van der Waals surface area contributed by atoms with Crippen LogP contribution >= 0.6 is 0 Å². The third-order valence-electron chi connectivity index (χ3n) is 4.82. The number of ketones is 1. The van der Waals surface area contributed by atoms with Crippen LogP contribution in [0.5, 0.6) is 0 Å². The molecule has 0 N–H and O–H groups in total. The molecule has 8 heteroatoms. The highest BCUT2D eigenvalue weighted by Gasteiger charge is 2.30. The largest absolute Gasteiger partial charge is 0.353 e. The van der Waals surface area contributed by atoms with Crippen molar-refractivity contribution in [2.45, 2.75) is 6.42 Å². The summed E-state index contributed by atoms with van der Waals surface area (Å²) in [6.45, 7) is 3.24. The van der Waals surface area contributed by atoms with Crippen molar-refractivity contribution in [3.05, 3.63) is 48.1 Å². The predicted molar refractivity (Wildman–Crippen MR) is 101 cm³/mol. The fraction of sp³-hybridized carbons (Fsp3) is 0.316. The normalized spacial score (nSPS) is 19.3. The Morgan fingerprint density at radius 1 is 0.963 bits per heavy atom. The number of carbonyl (C=O) groups excluding carboxylic acids is 2. The number of hydrogen-bond donors (Lipinski definition) is 0. The van der Waals surface area contributed by atoms with Gasteiger partial charge in [0.1, 0.15) is 5.82 Å². The van der Waals surface area contributed by atoms with Gasteiger partial charge < -0.3 is 14.7 Å². The molecule has 2 aromatic rings. The number of aromatic nitrogens is 3. The first kappa shape index (κ1) is 17.1. The lowest BCUT2D eigenvalue weighted by Crippen LogP contribution is -2.47. The molecule has 2 aliphatic rings. The summed E-state index contributed by atoms with van der Waals surface area (Å²) >= 11 is 0. The first-order valence-electron chi connectivity index (χ1n) is 8.87. The van der Waals surface area contributed by atoms with Crippen molar-refractivity contribution >= 4 is 29.5 Å². The molecule has 138 valence electrons. The minimum Gasteiger partial charge on any atom is -0.353 e. The molecule has 0 spiro atoms. The topological polar surface area (TPSA) is 82.5 Å². The van der Waals surface area contributed by atoms with Crippen molar-refractivity contribution in [2.75, 3.05) is 43.0 Å². The van der Waals surface area contributed by atoms with E-state index < -0.39 is 0 Å². The van der Waals surface area contributed by atoms with Crippen molar-refractivity contribution in [1.29, 1.82) is 0 Å². The van der Waals surface area contributed by atoms with Crippen LogP contribution in [0.15, 0.2) is 42.4 Å². The van der Waals surface area contributed by atoms with Gasteiger partial charge in [-0.05, 0) is 24.3 Å². The third kappa shape index (κ3) is 3.51. The summed E-state index contributed by atoms with van der Waals surface area (Å²) in [6.07, 6.45) is 5.06. The van der Waals surface area contributed by atoms with Crippen molar-refractivity contribution in [2.24, 2.45) is 0 Å². The van der Waals surface area contributed by atoms with Gasteiger partial charge >= 0.3 is 0 Å². The van der Waals surface area contributed by atoms with Crippen LogP contribution in [0.4, 0.5) is 11.8 Å². The Hall–Kier alpha value is -3.29. The highest BCUT2D eigenvalue weighted by atomic mass is 16.2. The van der Waals surface area contributed by atoms with Crippen LogP contribution in [-0.4, -0.2) is 64.8 Å². The van der Waals surface area contributed by atoms with Gasteiger partial charge in [0.05, 0.1) is 17.8 Å². The molecule has 8 nitrogen and oxygen atoms in total. The smallest absolute Gasteiger partial charge is 0.234 e. The number of amides is 1. The highest BCUT2D eigenvalue weighted by molar-refractivity contribution is 6.16. The average molecular weight is 364 g/mol. The summed E-state index contributed by atoms with van der Waals surface area (Å²) in [5, 5.41) is 0. The van der Waals surface area contributed by atoms with Gasteiger partial charge in [-0.1, -0.05) is 6.07 Å². The minimum atomic E-state index is -0.189. The molecule has 2 aliphatic heterocycles. The number of Topliss-reactive ketones (excluding diaryl/α,β-unsaturated/α-hetero) is 1. The predicted octanol–water partition coefficient (Wildman–Crippen LogP) is 0.970. The molecule has 0 radical (unpaired) electrons. The fourth-order valence-corrected chi connectivity index (χ4v) is 3.26. The van der Waals surface area contributed by atoms with Gasteiger partial charge in [-0.15, -0.1) is 0 Å². The van der Waals surface area contributed by atoms with Crippen LogP contribution < -0.4 is 9.80 Å². The number of likely N-dealkylation sites (tertiary alicyclic amines) is 1. The monoisotopic (exact) mass is 364 g/mol. The van der Waals surface area contributed by atoms with E-state index in [9.17, 15) is 9.59 Å². The van der Waals surface area contributed by atoms with Gasteiger partial charge in [0, 0.05) is 45.6 Å². The fourth-order valence-electron chi connectivity index (χ4n) is 3.26. The second-order valence-electron chi connectivity index (χ2n) is 6.53. The standard InChI is InChI=1S/C19H20N6O2/c1-23-15(16(26)13-18(23)27)12-14-5-7-21-19(22-14)25-10-8-24(9-11-25)17-4-2-3-6-20-17/h2-7,12H,8-11,13H2,1H3/b15-12-. The first-order chi connectivity index (χ1) is 13.1. The molecule has 2 aromatic heterocycles. The summed E-state index contributed by atoms with van der Waals surface area (Å²) in [6, 6.07) is 7.65. The van der Waals surface area contributed by atoms with E-state index in [4.69, 9.17) is 0 Å². The second-order valence-corrected chi connectivity index (χ2v) is 6.53. The van der Waals surface area contributed by atoms with Crippen LogP contribution in [0.3, 0.4) is 0 Å². The molecule has 1 amide bonds. The number of nitrogens with zero attached hydrogens (tertiary/aromatic N) is 6. The number of allylic oxidation sites excluding steroid dienone is 1. The maximum absolute atomic E-state index is 12.0. The van der Waals surface area contributed by atoms with E-state index >= 15 is 0 Å². The molecule has 0 saturated carbocycles. The minimum absolute atomic E-state index is 0.0737. The summed E-state index contributed by atoms with van der Waals surface area (Å²) in [5.41, 5.74) is 1.00. The van der Waals surface area contributed by atoms with Gasteiger partial charge in [0.25, 0.3) is 0 Å². The lowest BCUT2D eigenvalue weighted by Gasteiger charge is -2.35. The van der Waals surface area contributed by atoms with Crippen LogP contribution in [0, 0.1) is 0 Å². The van der Waals surface area contributed by atoms with Gasteiger partial charge in [0.2, 0.25) is 11.9 Å². The van der Waals surface area contributed by atoms with Gasteiger partial charge in [-0.3, -0.25) is 9.59 Å². The van der Waals surface area contributed by atoms with Crippen molar-refractivity contribution in [3.63, 3.8) is 0 Å². The SMILES string of the molecule is CN1C(=O)CC(=O)/C1=C/c1ccnc(N2CCN(c3ccccn3)CC2)n1. The number of anilines is 2. The van der Waals surface area contributed by atoms with Crippen molar-refractivity contribution < 1.29 is 9.59 Å². The maximum Gasteiger partial charge on any atom is 0.234 e. The zero-order chi connectivity index (χ0) is 18.8. The molecule has 0 aromatic carbocycles. The number of hydrogen-bond acceptors (Lipinski definition) is 7. The van der Waals surface area contributed by atoms with Crippen molar-refractivity contribution in [1.82, 2.24) is 19.9 Å². The lowest BCUT2D eigenvalue weighted by atomic mass is 10.2. The van der Waals surface area contributed by atoms with E-state index in [-0.39, 0.29) is 18.1 Å². The van der Waals surface area contributed by atoms with E-state index in [1.54, 1.807) is 31.6 Å². The Morgan fingerprint density at radius 2 is 1.74 bits per heavy atom. The van der Waals surface area contributed by atoms with E-state index in [2.05, 4.69) is 24.8 Å². The average Bonchev–Trinajstić information content (AvgIpc) is 2.95. The van der Waals surface area contributed by atoms with Crippen molar-refractivity contribution in [3.8, 4) is 0 Å². The Labute approximate surface area is 157 Å². The molecule has 27 heavy (non-hydrogen) atoms. The summed E-state index contributed by atoms with van der Waals surface area (Å²) in [4.78, 5) is 42.7. The number of pyridine rings is 1. The van der Waals surface area contributed by atoms with E-state index in [1.807, 2.05) is 18.2 Å². The molecule has 4 rings (SSSR count). The van der Waals surface area contributed by atoms with Crippen LogP contribution in [0.1, 0.15) is 12.1 Å². The number of rotatable bonds is 3. The Bertz CT molecular complexity index is 890. The zero-order valence-electron chi connectivity index (χ0n) is 15.1. The molecule has 2 saturated heterocycles. The Kier molecular flexibility index (Phi) is 4.53. The second kappa shape index (κ2) is 7.14. The molecule has 0 unspecified atom stereocenters. The number of piperazine rings is 1. The molecule has 0 bridgehead atoms. The Balaban J connectivity index is 1.48. The van der Waals surface area contributed by atoms with E-state index in [0.29, 0.717) is 17.3 Å². The lowest BCUT2D eigenvalue weighted by molar-refractivity contribution is -0.126. The van der Waals surface area contributed by atoms with E-state index in [1.165, 1.54) is 4.90 Å². The molecule has 2 fully saturated rings. The van der Waals surface area contributed by atoms with E-state index in [0.717, 1.165) is 32.0 Å². The molecule has 4 heterocycles. The Morgan fingerprint density at radius 3 is 2.41 bits per heavy atom. The van der Waals surface area contributed by atoms with Crippen LogP contribution in [-0.2, 0) is 9.59 Å². The molecule has 0 atom stereocenters. The van der Waals surface area contributed by atoms with Gasteiger partial charge in [0.15, 0.2) is 5.78 Å². The highest BCUT2D eigenvalue weighted by Crippen LogP contribution is 2.20. The third-order valence-corrected chi connectivity index (χ3v) is 4.82. The maximum atomic E-state index is 12.0.